The summed E-state index contributed by atoms with van der Waals surface area (Å²) in [6.45, 7) is 0.578. The largest absolute Gasteiger partial charge is 0.493 e. The zero-order valence-electron chi connectivity index (χ0n) is 21.0. The van der Waals surface area contributed by atoms with Crippen LogP contribution < -0.4 is 25.8 Å². The van der Waals surface area contributed by atoms with Crippen LogP contribution in [0, 0.1) is 10.1 Å². The van der Waals surface area contributed by atoms with E-state index in [0.717, 1.165) is 16.8 Å². The Kier molecular flexibility index (Phi) is 8.41. The third-order valence-electron chi connectivity index (χ3n) is 5.96. The second-order valence-corrected chi connectivity index (χ2v) is 9.44. The van der Waals surface area contributed by atoms with Gasteiger partial charge in [0.2, 0.25) is 16.2 Å². The number of hydrogen-bond donors (Lipinski definition) is 2. The molecule has 1 aromatic heterocycles. The Morgan fingerprint density at radius 1 is 1.10 bits per heavy atom. The summed E-state index contributed by atoms with van der Waals surface area (Å²) >= 11 is 0. The lowest BCUT2D eigenvalue weighted by molar-refractivity contribution is -0.384. The zero-order valence-corrected chi connectivity index (χ0v) is 21.8. The molecule has 0 amide bonds. The molecule has 1 aliphatic carbocycles. The van der Waals surface area contributed by atoms with E-state index in [1.165, 1.54) is 18.2 Å². The smallest absolute Gasteiger partial charge is 0.269 e. The Labute approximate surface area is 225 Å². The minimum Gasteiger partial charge on any atom is -0.493 e. The molecule has 2 aromatic carbocycles. The van der Waals surface area contributed by atoms with Crippen molar-refractivity contribution in [3.05, 3.63) is 93.8 Å². The van der Waals surface area contributed by atoms with Crippen molar-refractivity contribution < 1.29 is 22.8 Å². The highest BCUT2D eigenvalue weighted by molar-refractivity contribution is 7.73. The lowest BCUT2D eigenvalue weighted by Crippen LogP contribution is -2.28. The number of rotatable bonds is 10. The maximum atomic E-state index is 11.3. The van der Waals surface area contributed by atoms with E-state index in [1.807, 2.05) is 17.0 Å². The summed E-state index contributed by atoms with van der Waals surface area (Å²) < 4.78 is 34.2. The number of non-ortho nitro benzene ring substituents is 1. The monoisotopic (exact) mass is 550 g/mol. The molecule has 0 saturated heterocycles. The van der Waals surface area contributed by atoms with Crippen LogP contribution in [-0.4, -0.2) is 48.4 Å². The molecule has 0 fully saturated rings. The van der Waals surface area contributed by atoms with Gasteiger partial charge in [-0.25, -0.2) is 4.98 Å². The van der Waals surface area contributed by atoms with Crippen LogP contribution in [0.15, 0.2) is 72.6 Å². The first kappa shape index (κ1) is 27.1. The molecule has 12 nitrogen and oxygen atoms in total. The van der Waals surface area contributed by atoms with E-state index in [9.17, 15) is 18.5 Å². The highest BCUT2D eigenvalue weighted by atomic mass is 32.2. The molecular formula is C26H26N6O6S. The van der Waals surface area contributed by atoms with Gasteiger partial charge in [-0.05, 0) is 42.0 Å². The van der Waals surface area contributed by atoms with Gasteiger partial charge in [-0.2, -0.15) is 13.4 Å². The van der Waals surface area contributed by atoms with Crippen LogP contribution in [0.4, 0.5) is 23.1 Å². The number of benzene rings is 2. The molecule has 0 bridgehead atoms. The Morgan fingerprint density at radius 2 is 1.87 bits per heavy atom. The van der Waals surface area contributed by atoms with Gasteiger partial charge < -0.3 is 25.8 Å². The van der Waals surface area contributed by atoms with Crippen LogP contribution >= 0.6 is 0 Å². The fourth-order valence-electron chi connectivity index (χ4n) is 3.99. The molecule has 0 aliphatic heterocycles. The minimum atomic E-state index is -2.31. The van der Waals surface area contributed by atoms with E-state index >= 15 is 0 Å². The first-order valence-electron chi connectivity index (χ1n) is 11.8. The summed E-state index contributed by atoms with van der Waals surface area (Å²) in [6, 6.07) is 11.6. The van der Waals surface area contributed by atoms with Crippen molar-refractivity contribution >= 4 is 38.3 Å². The van der Waals surface area contributed by atoms with Crippen molar-refractivity contribution in [1.29, 1.82) is 0 Å². The van der Waals surface area contributed by atoms with Crippen molar-refractivity contribution in [3.63, 3.8) is 0 Å². The molecule has 202 valence electrons. The Morgan fingerprint density at radius 3 is 2.49 bits per heavy atom. The number of nitrogens with zero attached hydrogens (tertiary/aromatic N) is 4. The lowest BCUT2D eigenvalue weighted by Gasteiger charge is -2.27. The van der Waals surface area contributed by atoms with Crippen LogP contribution in [0.5, 0.6) is 11.5 Å². The molecule has 4 N–H and O–H groups in total. The predicted octanol–water partition coefficient (Wildman–Crippen LogP) is 2.93. The van der Waals surface area contributed by atoms with Gasteiger partial charge in [-0.3, -0.25) is 10.1 Å². The summed E-state index contributed by atoms with van der Waals surface area (Å²) in [5.74, 6) is 1.45. The number of hydrogen-bond acceptors (Lipinski definition) is 11. The Hall–Kier alpha value is -4.91. The molecule has 0 atom stereocenters. The van der Waals surface area contributed by atoms with Crippen molar-refractivity contribution in [1.82, 2.24) is 9.97 Å². The molecule has 0 spiro atoms. The number of ether oxygens (including phenoxy) is 2. The highest BCUT2D eigenvalue weighted by Crippen LogP contribution is 2.30. The van der Waals surface area contributed by atoms with Gasteiger partial charge in [0.15, 0.2) is 11.5 Å². The van der Waals surface area contributed by atoms with Crippen molar-refractivity contribution in [2.24, 2.45) is 0 Å². The quantitative estimate of drug-likeness (QED) is 0.215. The molecule has 0 radical (unpaired) electrons. The van der Waals surface area contributed by atoms with E-state index in [4.69, 9.17) is 20.9 Å². The van der Waals surface area contributed by atoms with E-state index in [0.29, 0.717) is 36.0 Å². The van der Waals surface area contributed by atoms with Crippen LogP contribution in [0.3, 0.4) is 0 Å². The summed E-state index contributed by atoms with van der Waals surface area (Å²) in [7, 11) is -0.762. The number of nitro groups is 1. The summed E-state index contributed by atoms with van der Waals surface area (Å²) in [5, 5.41) is 11.1. The highest BCUT2D eigenvalue weighted by Gasteiger charge is 2.16. The van der Waals surface area contributed by atoms with Gasteiger partial charge in [0, 0.05) is 48.1 Å². The first-order valence-corrected chi connectivity index (χ1v) is 12.8. The van der Waals surface area contributed by atoms with Crippen molar-refractivity contribution in [2.75, 3.05) is 36.6 Å². The zero-order chi connectivity index (χ0) is 27.9. The topological polar surface area (TPSA) is 177 Å². The van der Waals surface area contributed by atoms with Crippen molar-refractivity contribution in [3.8, 4) is 11.5 Å². The van der Waals surface area contributed by atoms with E-state index in [1.54, 1.807) is 43.7 Å². The standard InChI is InChI=1S/C26H26N6O6S/c1-37-23-11-2-17(14-18-16-29-26(28)30-25(18)27)15-24(23)38-13-12-31(19-3-5-21(6-4-19)32(33)34)20-7-9-22(10-8-20)39(35)36/h2-9,11,15-16H,10,12-14H2,1H3,(H4,27,28,29,30). The average Bonchev–Trinajstić information content (AvgIpc) is 2.93. The van der Waals surface area contributed by atoms with Crippen LogP contribution in [-0.2, 0) is 16.7 Å². The van der Waals surface area contributed by atoms with Gasteiger partial charge >= 0.3 is 0 Å². The molecule has 1 aliphatic rings. The van der Waals surface area contributed by atoms with Gasteiger partial charge in [-0.15, -0.1) is 0 Å². The molecular weight excluding hydrogens is 524 g/mol. The van der Waals surface area contributed by atoms with Gasteiger partial charge in [-0.1, -0.05) is 12.1 Å². The lowest BCUT2D eigenvalue weighted by atomic mass is 10.1. The molecule has 0 unspecified atom stereocenters. The number of aromatic nitrogens is 2. The number of nitrogens with two attached hydrogens (primary N) is 2. The molecule has 39 heavy (non-hydrogen) atoms. The van der Waals surface area contributed by atoms with Crippen LogP contribution in [0.1, 0.15) is 17.5 Å². The van der Waals surface area contributed by atoms with Gasteiger partial charge in [0.05, 0.1) is 23.4 Å². The number of methoxy groups -OCH3 is 1. The van der Waals surface area contributed by atoms with Gasteiger partial charge in [0.25, 0.3) is 5.69 Å². The molecule has 3 aromatic rings. The minimum absolute atomic E-state index is 0.0332. The van der Waals surface area contributed by atoms with Crippen LogP contribution in [0.2, 0.25) is 0 Å². The summed E-state index contributed by atoms with van der Waals surface area (Å²) in [4.78, 5) is 20.8. The Balaban J connectivity index is 1.54. The molecule has 13 heteroatoms. The van der Waals surface area contributed by atoms with Crippen LogP contribution in [0.25, 0.3) is 0 Å². The number of anilines is 3. The summed E-state index contributed by atoms with van der Waals surface area (Å²) in [6.07, 6.45) is 7.29. The molecule has 1 heterocycles. The third kappa shape index (κ3) is 6.70. The number of nitro benzene ring substituents is 1. The molecule has 0 saturated carbocycles. The number of allylic oxidation sites excluding steroid dienone is 3. The van der Waals surface area contributed by atoms with E-state index in [-0.39, 0.29) is 29.5 Å². The fourth-order valence-corrected chi connectivity index (χ4v) is 4.38. The van der Waals surface area contributed by atoms with Crippen molar-refractivity contribution in [2.45, 2.75) is 12.8 Å². The predicted molar refractivity (Wildman–Crippen MR) is 148 cm³/mol. The van der Waals surface area contributed by atoms with Gasteiger partial charge in [0.1, 0.15) is 12.4 Å². The maximum absolute atomic E-state index is 11.3. The normalized spacial score (nSPS) is 12.5. The summed E-state index contributed by atoms with van der Waals surface area (Å²) in [5.41, 5.74) is 14.6. The molecule has 4 rings (SSSR count). The Bertz CT molecular complexity index is 1580. The average molecular weight is 551 g/mol. The maximum Gasteiger partial charge on any atom is 0.269 e. The first-order chi connectivity index (χ1) is 18.7. The second-order valence-electron chi connectivity index (χ2n) is 8.44. The van der Waals surface area contributed by atoms with E-state index in [2.05, 4.69) is 9.97 Å². The fraction of sp³-hybridized carbons (Fsp3) is 0.192. The third-order valence-corrected chi connectivity index (χ3v) is 6.69. The second kappa shape index (κ2) is 12.1. The SMILES string of the molecule is COc1ccc(Cc2cnc(N)nc2N)cc1OCCN(C1=CCC(=S(=O)=O)C=C1)c1ccc([N+](=O)[O-])cc1. The van der Waals surface area contributed by atoms with E-state index < -0.39 is 15.2 Å². The number of nitrogen functional groups attached to an aromatic ring is 2.